The summed E-state index contributed by atoms with van der Waals surface area (Å²) in [7, 11) is 0. The minimum absolute atomic E-state index is 0.0398. The number of benzene rings is 6. The molecule has 8 aromatic rings. The molecule has 48 heavy (non-hydrogen) atoms. The summed E-state index contributed by atoms with van der Waals surface area (Å²) in [5, 5.41) is 8.67. The van der Waals surface area contributed by atoms with Gasteiger partial charge in [0.1, 0.15) is 0 Å². The minimum Gasteiger partial charge on any atom is -0.345 e. The monoisotopic (exact) mass is 614 g/mol. The molecule has 1 unspecified atom stereocenters. The number of rotatable bonds is 3. The Labute approximate surface area is 277 Å². The van der Waals surface area contributed by atoms with Crippen LogP contribution in [-0.4, -0.2) is 21.1 Å². The molecule has 0 saturated heterocycles. The summed E-state index contributed by atoms with van der Waals surface area (Å²) in [6.07, 6.45) is 8.59. The predicted octanol–water partition coefficient (Wildman–Crippen LogP) is 10.3. The van der Waals surface area contributed by atoms with Crippen molar-refractivity contribution in [2.24, 2.45) is 4.99 Å². The van der Waals surface area contributed by atoms with E-state index in [1.807, 2.05) is 0 Å². The normalized spacial score (nSPS) is 15.8. The van der Waals surface area contributed by atoms with Gasteiger partial charge in [-0.15, -0.1) is 0 Å². The van der Waals surface area contributed by atoms with E-state index in [2.05, 4.69) is 184 Å². The molecule has 1 atom stereocenters. The van der Waals surface area contributed by atoms with Gasteiger partial charge in [0, 0.05) is 38.4 Å². The second-order valence-corrected chi connectivity index (χ2v) is 12.5. The lowest BCUT2D eigenvalue weighted by Gasteiger charge is -2.28. The van der Waals surface area contributed by atoms with Gasteiger partial charge in [0.05, 0.1) is 33.8 Å². The summed E-state index contributed by atoms with van der Waals surface area (Å²) in [6.45, 7) is 0. The maximum absolute atomic E-state index is 5.31. The van der Waals surface area contributed by atoms with Crippen molar-refractivity contribution < 1.29 is 0 Å². The highest BCUT2D eigenvalue weighted by Gasteiger charge is 2.26. The molecule has 2 aliphatic rings. The van der Waals surface area contributed by atoms with Gasteiger partial charge < -0.3 is 9.88 Å². The molecular weight excluding hydrogens is 585 g/mol. The van der Waals surface area contributed by atoms with Gasteiger partial charge in [-0.1, -0.05) is 121 Å². The number of para-hydroxylation sites is 3. The number of nitrogens with one attached hydrogen (secondary N) is 1. The van der Waals surface area contributed by atoms with Crippen molar-refractivity contribution in [2.75, 3.05) is 0 Å². The average molecular weight is 615 g/mol. The first-order valence-electron chi connectivity index (χ1n) is 16.4. The van der Waals surface area contributed by atoms with Crippen LogP contribution in [0.25, 0.3) is 66.1 Å². The fraction of sp³-hybridized carbons (Fsp3) is 0.0227. The van der Waals surface area contributed by atoms with Crippen molar-refractivity contribution >= 4 is 55.3 Å². The van der Waals surface area contributed by atoms with E-state index < -0.39 is 0 Å². The van der Waals surface area contributed by atoms with Crippen LogP contribution in [0, 0.1) is 0 Å². The molecule has 226 valence electrons. The summed E-state index contributed by atoms with van der Waals surface area (Å²) in [5.74, 6) is 0.830. The van der Waals surface area contributed by atoms with Gasteiger partial charge in [0.15, 0.2) is 0 Å². The Morgan fingerprint density at radius 3 is 1.73 bits per heavy atom. The van der Waals surface area contributed by atoms with E-state index in [-0.39, 0.29) is 6.04 Å². The molecule has 1 aliphatic carbocycles. The lowest BCUT2D eigenvalue weighted by atomic mass is 9.95. The molecule has 10 rings (SSSR count). The molecule has 0 amide bonds. The Balaban J connectivity index is 1.15. The summed E-state index contributed by atoms with van der Waals surface area (Å²) >= 11 is 0. The third kappa shape index (κ3) is 4.06. The maximum Gasteiger partial charge on any atom is 0.209 e. The smallest absolute Gasteiger partial charge is 0.209 e. The first-order chi connectivity index (χ1) is 23.8. The Bertz CT molecular complexity index is 2680. The topological polar surface area (TPSA) is 34.2 Å². The summed E-state index contributed by atoms with van der Waals surface area (Å²) in [4.78, 5) is 5.31. The third-order valence-corrected chi connectivity index (χ3v) is 9.75. The van der Waals surface area contributed by atoms with E-state index in [1.165, 1.54) is 55.0 Å². The Kier molecular flexibility index (Phi) is 5.90. The average Bonchev–Trinajstić information content (AvgIpc) is 3.67. The number of aliphatic imine (C=N–C) groups is 1. The van der Waals surface area contributed by atoms with Crippen LogP contribution in [0.2, 0.25) is 0 Å². The molecule has 3 heterocycles. The molecule has 4 heteroatoms. The van der Waals surface area contributed by atoms with Gasteiger partial charge in [-0.05, 0) is 59.7 Å². The molecule has 0 spiro atoms. The van der Waals surface area contributed by atoms with Crippen LogP contribution >= 0.6 is 0 Å². The Morgan fingerprint density at radius 1 is 0.479 bits per heavy atom. The SMILES string of the molecule is C1=CC2=C(c3ccccc3)N=C(n3c4ccccc4c4cc(-c5ccc6c(c5)c5ccccc5n6-c5ccccc5)ccc43)NC2C=C1. The fourth-order valence-corrected chi connectivity index (χ4v) is 7.57. The lowest BCUT2D eigenvalue weighted by Crippen LogP contribution is -2.42. The van der Waals surface area contributed by atoms with E-state index >= 15 is 0 Å². The van der Waals surface area contributed by atoms with E-state index in [0.717, 1.165) is 28.3 Å². The van der Waals surface area contributed by atoms with E-state index in [1.54, 1.807) is 0 Å². The Hall–Kier alpha value is -6.39. The van der Waals surface area contributed by atoms with Gasteiger partial charge in [0.25, 0.3) is 0 Å². The summed E-state index contributed by atoms with van der Waals surface area (Å²) in [5.41, 5.74) is 11.5. The zero-order valence-corrected chi connectivity index (χ0v) is 26.1. The number of allylic oxidation sites excluding steroid dienone is 2. The van der Waals surface area contributed by atoms with Crippen LogP contribution in [0.4, 0.5) is 0 Å². The standard InChI is InChI=1S/C44H30N4/c1-3-13-29(14-4-1)43-35-19-7-10-20-38(35)45-44(46-43)48-40-22-12-9-18-34(40)37-28-31(24-26-42(37)48)30-23-25-41-36(27-30)33-17-8-11-21-39(33)47(41)32-15-5-2-6-16-32/h1-28,38H,(H,45,46). The van der Waals surface area contributed by atoms with Crippen molar-refractivity contribution in [1.29, 1.82) is 0 Å². The van der Waals surface area contributed by atoms with Crippen LogP contribution in [0.15, 0.2) is 180 Å². The van der Waals surface area contributed by atoms with E-state index in [4.69, 9.17) is 4.99 Å². The van der Waals surface area contributed by atoms with Gasteiger partial charge >= 0.3 is 0 Å². The van der Waals surface area contributed by atoms with Crippen LogP contribution in [0.5, 0.6) is 0 Å². The predicted molar refractivity (Wildman–Crippen MR) is 201 cm³/mol. The zero-order valence-electron chi connectivity index (χ0n) is 26.1. The largest absolute Gasteiger partial charge is 0.345 e. The summed E-state index contributed by atoms with van der Waals surface area (Å²) < 4.78 is 4.65. The number of hydrogen-bond donors (Lipinski definition) is 1. The second-order valence-electron chi connectivity index (χ2n) is 12.5. The zero-order chi connectivity index (χ0) is 31.6. The molecular formula is C44H30N4. The van der Waals surface area contributed by atoms with Gasteiger partial charge in [-0.3, -0.25) is 4.57 Å². The van der Waals surface area contributed by atoms with E-state index in [0.29, 0.717) is 0 Å². The highest BCUT2D eigenvalue weighted by molar-refractivity contribution is 6.16. The van der Waals surface area contributed by atoms with Crippen LogP contribution in [0.1, 0.15) is 5.56 Å². The first-order valence-corrected chi connectivity index (χ1v) is 16.4. The number of aromatic nitrogens is 2. The molecule has 2 aromatic heterocycles. The molecule has 0 saturated carbocycles. The maximum atomic E-state index is 5.31. The van der Waals surface area contributed by atoms with Gasteiger partial charge in [-0.25, -0.2) is 4.99 Å². The molecule has 6 aromatic carbocycles. The fourth-order valence-electron chi connectivity index (χ4n) is 7.57. The van der Waals surface area contributed by atoms with Crippen LogP contribution in [0.3, 0.4) is 0 Å². The van der Waals surface area contributed by atoms with Crippen molar-refractivity contribution in [3.63, 3.8) is 0 Å². The van der Waals surface area contributed by atoms with Crippen molar-refractivity contribution in [3.8, 4) is 16.8 Å². The van der Waals surface area contributed by atoms with Crippen molar-refractivity contribution in [3.05, 3.63) is 181 Å². The number of hydrogen-bond acceptors (Lipinski definition) is 2. The first kappa shape index (κ1) is 26.8. The van der Waals surface area contributed by atoms with Gasteiger partial charge in [0.2, 0.25) is 5.96 Å². The Morgan fingerprint density at radius 2 is 1.04 bits per heavy atom. The molecule has 4 nitrogen and oxygen atoms in total. The van der Waals surface area contributed by atoms with Crippen LogP contribution in [-0.2, 0) is 0 Å². The van der Waals surface area contributed by atoms with Crippen molar-refractivity contribution in [2.45, 2.75) is 6.04 Å². The van der Waals surface area contributed by atoms with Crippen LogP contribution < -0.4 is 5.32 Å². The molecule has 0 radical (unpaired) electrons. The quantitative estimate of drug-likeness (QED) is 0.211. The molecule has 0 fully saturated rings. The lowest BCUT2D eigenvalue weighted by molar-refractivity contribution is 0.805. The highest BCUT2D eigenvalue weighted by atomic mass is 15.2. The number of fused-ring (bicyclic) bond motifs is 7. The number of nitrogens with zero attached hydrogens (tertiary/aromatic N) is 3. The molecule has 1 aliphatic heterocycles. The van der Waals surface area contributed by atoms with Gasteiger partial charge in [-0.2, -0.15) is 0 Å². The minimum atomic E-state index is 0.0398. The third-order valence-electron chi connectivity index (χ3n) is 9.75. The van der Waals surface area contributed by atoms with Crippen molar-refractivity contribution in [1.82, 2.24) is 14.5 Å². The molecule has 1 N–H and O–H groups in total. The highest BCUT2D eigenvalue weighted by Crippen LogP contribution is 2.38. The molecule has 0 bridgehead atoms. The van der Waals surface area contributed by atoms with E-state index in [9.17, 15) is 0 Å². The second kappa shape index (κ2) is 10.6. The summed E-state index contributed by atoms with van der Waals surface area (Å²) in [6, 6.07) is 52.3.